The second-order valence-corrected chi connectivity index (χ2v) is 4.64. The first kappa shape index (κ1) is 11.0. The van der Waals surface area contributed by atoms with Gasteiger partial charge >= 0.3 is 5.97 Å². The molecule has 0 aliphatic carbocycles. The van der Waals surface area contributed by atoms with E-state index in [4.69, 9.17) is 0 Å². The van der Waals surface area contributed by atoms with Gasteiger partial charge in [-0.1, -0.05) is 11.3 Å². The number of carbonyl (C=O) groups is 1. The van der Waals surface area contributed by atoms with Crippen LogP contribution in [0.25, 0.3) is 0 Å². The Morgan fingerprint density at radius 2 is 2.38 bits per heavy atom. The van der Waals surface area contributed by atoms with Crippen LogP contribution < -0.4 is 0 Å². The summed E-state index contributed by atoms with van der Waals surface area (Å²) in [5.74, 6) is -0.507. The van der Waals surface area contributed by atoms with Crippen molar-refractivity contribution in [3.63, 3.8) is 0 Å². The zero-order valence-corrected chi connectivity index (χ0v) is 9.79. The maximum atomic E-state index is 11.2. The molecule has 16 heavy (non-hydrogen) atoms. The molecule has 6 nitrogen and oxygen atoms in total. The van der Waals surface area contributed by atoms with Crippen LogP contribution in [0.1, 0.15) is 10.5 Å². The Morgan fingerprint density at radius 1 is 1.50 bits per heavy atom. The van der Waals surface area contributed by atoms with Gasteiger partial charge in [-0.15, -0.1) is 10.2 Å². The predicted octanol–water partition coefficient (Wildman–Crippen LogP) is 1.27. The van der Waals surface area contributed by atoms with Gasteiger partial charge in [-0.05, 0) is 11.8 Å². The molecule has 2 aromatic rings. The number of methoxy groups -OCH3 is 1. The van der Waals surface area contributed by atoms with Crippen LogP contribution >= 0.6 is 23.1 Å². The molecule has 0 unspecified atom stereocenters. The number of esters is 1. The molecule has 0 atom stereocenters. The van der Waals surface area contributed by atoms with Crippen molar-refractivity contribution in [2.45, 2.75) is 9.37 Å². The van der Waals surface area contributed by atoms with Gasteiger partial charge in [0.05, 0.1) is 19.5 Å². The van der Waals surface area contributed by atoms with Crippen molar-refractivity contribution in [1.82, 2.24) is 20.2 Å². The fourth-order valence-electron chi connectivity index (χ4n) is 0.897. The smallest absolute Gasteiger partial charge is 0.358 e. The van der Waals surface area contributed by atoms with Gasteiger partial charge in [0, 0.05) is 0 Å². The number of aromatic nitrogens is 4. The molecule has 0 saturated carbocycles. The zero-order valence-electron chi connectivity index (χ0n) is 8.15. The van der Waals surface area contributed by atoms with Gasteiger partial charge in [-0.3, -0.25) is 4.98 Å². The van der Waals surface area contributed by atoms with E-state index < -0.39 is 5.97 Å². The molecule has 0 fully saturated rings. The Morgan fingerprint density at radius 3 is 3.06 bits per heavy atom. The van der Waals surface area contributed by atoms with Crippen molar-refractivity contribution in [3.8, 4) is 0 Å². The van der Waals surface area contributed by atoms with E-state index >= 15 is 0 Å². The van der Waals surface area contributed by atoms with Crippen LogP contribution in [0.4, 0.5) is 0 Å². The fourth-order valence-corrected chi connectivity index (χ4v) is 2.28. The summed E-state index contributed by atoms with van der Waals surface area (Å²) in [5.41, 5.74) is 1.80. The minimum absolute atomic E-state index is 0.178. The molecule has 0 amide bonds. The van der Waals surface area contributed by atoms with Crippen molar-refractivity contribution in [2.75, 3.05) is 7.11 Å². The van der Waals surface area contributed by atoms with Gasteiger partial charge in [-0.2, -0.15) is 0 Å². The summed E-state index contributed by atoms with van der Waals surface area (Å²) in [5, 5.41) is 8.14. The van der Waals surface area contributed by atoms with Gasteiger partial charge in [0.25, 0.3) is 0 Å². The molecule has 0 aliphatic heterocycles. The third-order valence-corrected chi connectivity index (χ3v) is 3.22. The van der Waals surface area contributed by atoms with E-state index in [9.17, 15) is 4.79 Å². The van der Waals surface area contributed by atoms with E-state index in [2.05, 4.69) is 24.9 Å². The summed E-state index contributed by atoms with van der Waals surface area (Å²) >= 11 is 2.69. The molecule has 2 heterocycles. The fraction of sp³-hybridized carbons (Fsp3) is 0.125. The van der Waals surface area contributed by atoms with Crippen LogP contribution in [0.15, 0.2) is 27.3 Å². The van der Waals surface area contributed by atoms with Crippen molar-refractivity contribution in [3.05, 3.63) is 23.6 Å². The van der Waals surface area contributed by atoms with Crippen LogP contribution in [-0.2, 0) is 4.74 Å². The standard InChI is InChI=1S/C8H6N4O2S2/c1-14-7(13)5-2-9-3-6(11-5)16-8-12-10-4-15-8/h2-4H,1H3. The minimum atomic E-state index is -0.507. The maximum absolute atomic E-state index is 11.2. The van der Waals surface area contributed by atoms with Crippen LogP contribution in [0, 0.1) is 0 Å². The number of carbonyl (C=O) groups excluding carboxylic acids is 1. The number of rotatable bonds is 3. The van der Waals surface area contributed by atoms with E-state index in [0.29, 0.717) is 5.03 Å². The van der Waals surface area contributed by atoms with E-state index in [1.165, 1.54) is 36.4 Å². The molecule has 82 valence electrons. The first-order valence-electron chi connectivity index (χ1n) is 4.14. The van der Waals surface area contributed by atoms with Gasteiger partial charge in [0.15, 0.2) is 10.0 Å². The van der Waals surface area contributed by atoms with E-state index in [1.54, 1.807) is 11.7 Å². The third kappa shape index (κ3) is 2.52. The first-order valence-corrected chi connectivity index (χ1v) is 5.83. The SMILES string of the molecule is COC(=O)c1cncc(Sc2nncs2)n1. The third-order valence-electron chi connectivity index (χ3n) is 1.54. The van der Waals surface area contributed by atoms with E-state index in [0.717, 1.165) is 4.34 Å². The number of hydrogen-bond donors (Lipinski definition) is 0. The quantitative estimate of drug-likeness (QED) is 0.763. The molecule has 0 spiro atoms. The summed E-state index contributed by atoms with van der Waals surface area (Å²) in [7, 11) is 1.30. The highest BCUT2D eigenvalue weighted by Gasteiger charge is 2.10. The highest BCUT2D eigenvalue weighted by atomic mass is 32.2. The molecule has 2 rings (SSSR count). The second kappa shape index (κ2) is 4.99. The molecule has 0 aromatic carbocycles. The molecule has 2 aromatic heterocycles. The Balaban J connectivity index is 2.19. The lowest BCUT2D eigenvalue weighted by Gasteiger charge is -1.99. The second-order valence-electron chi connectivity index (χ2n) is 2.54. The molecule has 0 saturated heterocycles. The van der Waals surface area contributed by atoms with Crippen molar-refractivity contribution in [1.29, 1.82) is 0 Å². The van der Waals surface area contributed by atoms with Crippen LogP contribution in [-0.4, -0.2) is 33.2 Å². The summed E-state index contributed by atoms with van der Waals surface area (Å²) in [6.45, 7) is 0. The number of hydrogen-bond acceptors (Lipinski definition) is 8. The monoisotopic (exact) mass is 254 g/mol. The first-order chi connectivity index (χ1) is 7.79. The maximum Gasteiger partial charge on any atom is 0.358 e. The molecule has 0 N–H and O–H groups in total. The van der Waals surface area contributed by atoms with E-state index in [1.807, 2.05) is 0 Å². The summed E-state index contributed by atoms with van der Waals surface area (Å²) in [4.78, 5) is 19.2. The number of nitrogens with zero attached hydrogens (tertiary/aromatic N) is 4. The lowest BCUT2D eigenvalue weighted by molar-refractivity contribution is 0.0592. The molecular formula is C8H6N4O2S2. The molecule has 0 bridgehead atoms. The van der Waals surface area contributed by atoms with E-state index in [-0.39, 0.29) is 5.69 Å². The van der Waals surface area contributed by atoms with Crippen molar-refractivity contribution in [2.24, 2.45) is 0 Å². The van der Waals surface area contributed by atoms with Crippen LogP contribution in [0.5, 0.6) is 0 Å². The molecule has 0 aliphatic rings. The van der Waals surface area contributed by atoms with Gasteiger partial charge < -0.3 is 4.74 Å². The predicted molar refractivity (Wildman–Crippen MR) is 57.4 cm³/mol. The van der Waals surface area contributed by atoms with Crippen molar-refractivity contribution >= 4 is 29.1 Å². The molecule has 0 radical (unpaired) electrons. The summed E-state index contributed by atoms with van der Waals surface area (Å²) in [6, 6.07) is 0. The van der Waals surface area contributed by atoms with Crippen LogP contribution in [0.2, 0.25) is 0 Å². The van der Waals surface area contributed by atoms with Gasteiger partial charge in [0.2, 0.25) is 0 Å². The normalized spacial score (nSPS) is 10.1. The summed E-state index contributed by atoms with van der Waals surface area (Å²) in [6.07, 6.45) is 2.91. The number of ether oxygens (including phenoxy) is 1. The van der Waals surface area contributed by atoms with Crippen molar-refractivity contribution < 1.29 is 9.53 Å². The largest absolute Gasteiger partial charge is 0.464 e. The topological polar surface area (TPSA) is 77.9 Å². The average Bonchev–Trinajstić information content (AvgIpc) is 2.81. The Labute approximate surface area is 99.1 Å². The Bertz CT molecular complexity index is 489. The Hall–Kier alpha value is -1.54. The highest BCUT2D eigenvalue weighted by Crippen LogP contribution is 2.26. The average molecular weight is 254 g/mol. The molecular weight excluding hydrogens is 248 g/mol. The van der Waals surface area contributed by atoms with Gasteiger partial charge in [0.1, 0.15) is 10.5 Å². The minimum Gasteiger partial charge on any atom is -0.464 e. The summed E-state index contributed by atoms with van der Waals surface area (Å²) < 4.78 is 5.30. The highest BCUT2D eigenvalue weighted by molar-refractivity contribution is 8.00. The molecule has 8 heteroatoms. The lowest BCUT2D eigenvalue weighted by Crippen LogP contribution is -2.05. The van der Waals surface area contributed by atoms with Crippen LogP contribution in [0.3, 0.4) is 0 Å². The Kier molecular flexibility index (Phi) is 3.42. The zero-order chi connectivity index (χ0) is 11.4. The lowest BCUT2D eigenvalue weighted by atomic mass is 10.5. The van der Waals surface area contributed by atoms with Gasteiger partial charge in [-0.25, -0.2) is 9.78 Å².